The van der Waals surface area contributed by atoms with Crippen LogP contribution in [0.1, 0.15) is 24.9 Å². The Morgan fingerprint density at radius 1 is 1.57 bits per heavy atom. The Kier molecular flexibility index (Phi) is 2.68. The van der Waals surface area contributed by atoms with E-state index in [-0.39, 0.29) is 11.9 Å². The van der Waals surface area contributed by atoms with Crippen LogP contribution in [0, 0.1) is 5.82 Å². The Morgan fingerprint density at radius 2 is 2.43 bits per heavy atom. The lowest BCUT2D eigenvalue weighted by Gasteiger charge is -2.09. The van der Waals surface area contributed by atoms with Gasteiger partial charge in [0, 0.05) is 5.56 Å². The van der Waals surface area contributed by atoms with E-state index in [1.807, 2.05) is 6.07 Å². The van der Waals surface area contributed by atoms with E-state index in [2.05, 4.69) is 12.2 Å². The Morgan fingerprint density at radius 3 is 3.21 bits per heavy atom. The lowest BCUT2D eigenvalue weighted by atomic mass is 10.1. The maximum Gasteiger partial charge on any atom is 0.165 e. The Labute approximate surface area is 83.1 Å². The van der Waals surface area contributed by atoms with Gasteiger partial charge in [0.15, 0.2) is 11.6 Å². The van der Waals surface area contributed by atoms with E-state index in [0.717, 1.165) is 18.5 Å². The van der Waals surface area contributed by atoms with E-state index in [0.29, 0.717) is 12.4 Å². The second kappa shape index (κ2) is 3.96. The van der Waals surface area contributed by atoms with Gasteiger partial charge in [-0.1, -0.05) is 19.1 Å². The van der Waals surface area contributed by atoms with Gasteiger partial charge in [-0.3, -0.25) is 0 Å². The third-order valence-electron chi connectivity index (χ3n) is 2.41. The number of nitrogens with one attached hydrogen (secondary N) is 1. The molecule has 14 heavy (non-hydrogen) atoms. The molecule has 1 aromatic carbocycles. The molecule has 76 valence electrons. The summed E-state index contributed by atoms with van der Waals surface area (Å²) in [7, 11) is 0. The van der Waals surface area contributed by atoms with Gasteiger partial charge in [0.05, 0.1) is 6.04 Å². The summed E-state index contributed by atoms with van der Waals surface area (Å²) in [6, 6.07) is 5.23. The number of para-hydroxylation sites is 1. The van der Waals surface area contributed by atoms with Crippen LogP contribution in [0.5, 0.6) is 5.75 Å². The van der Waals surface area contributed by atoms with Gasteiger partial charge in [-0.05, 0) is 19.0 Å². The van der Waals surface area contributed by atoms with Crippen molar-refractivity contribution in [1.29, 1.82) is 0 Å². The largest absolute Gasteiger partial charge is 0.488 e. The molecule has 1 atom stereocenters. The fraction of sp³-hybridized carbons (Fsp3) is 0.455. The van der Waals surface area contributed by atoms with Crippen LogP contribution in [0.25, 0.3) is 0 Å². The molecular formula is C11H14FNO. The standard InChI is InChI=1S/C11H14FNO/c1-2-6-13-10-7-14-11-8(10)4-3-5-9(11)12/h3-5,10,13H,2,6-7H2,1H3. The summed E-state index contributed by atoms with van der Waals surface area (Å²) in [6.07, 6.45) is 1.07. The molecule has 0 amide bonds. The third kappa shape index (κ3) is 1.60. The summed E-state index contributed by atoms with van der Waals surface area (Å²) in [4.78, 5) is 0. The van der Waals surface area contributed by atoms with Gasteiger partial charge in [-0.15, -0.1) is 0 Å². The van der Waals surface area contributed by atoms with Gasteiger partial charge in [0.1, 0.15) is 6.61 Å². The molecule has 2 rings (SSSR count). The molecule has 3 heteroatoms. The lowest BCUT2D eigenvalue weighted by Crippen LogP contribution is -2.22. The quantitative estimate of drug-likeness (QED) is 0.798. The van der Waals surface area contributed by atoms with E-state index in [9.17, 15) is 4.39 Å². The lowest BCUT2D eigenvalue weighted by molar-refractivity contribution is 0.301. The SMILES string of the molecule is CCCNC1COc2c(F)cccc21. The molecule has 1 aromatic rings. The molecule has 0 spiro atoms. The predicted molar refractivity (Wildman–Crippen MR) is 52.9 cm³/mol. The minimum atomic E-state index is -0.261. The maximum absolute atomic E-state index is 13.2. The van der Waals surface area contributed by atoms with Gasteiger partial charge in [0.25, 0.3) is 0 Å². The molecule has 2 nitrogen and oxygen atoms in total. The summed E-state index contributed by atoms with van der Waals surface area (Å²) in [5.41, 5.74) is 0.943. The highest BCUT2D eigenvalue weighted by Gasteiger charge is 2.25. The summed E-state index contributed by atoms with van der Waals surface area (Å²) < 4.78 is 18.5. The number of halogens is 1. The van der Waals surface area contributed by atoms with Crippen LogP contribution in [-0.2, 0) is 0 Å². The molecular weight excluding hydrogens is 181 g/mol. The molecule has 1 aliphatic heterocycles. The normalized spacial score (nSPS) is 19.1. The number of hydrogen-bond donors (Lipinski definition) is 1. The fourth-order valence-electron chi connectivity index (χ4n) is 1.70. The molecule has 0 radical (unpaired) electrons. The zero-order valence-electron chi connectivity index (χ0n) is 8.22. The number of hydrogen-bond acceptors (Lipinski definition) is 2. The molecule has 1 heterocycles. The zero-order chi connectivity index (χ0) is 9.97. The van der Waals surface area contributed by atoms with E-state index in [1.54, 1.807) is 6.07 Å². The van der Waals surface area contributed by atoms with Crippen LogP contribution in [-0.4, -0.2) is 13.2 Å². The third-order valence-corrected chi connectivity index (χ3v) is 2.41. The summed E-state index contributed by atoms with van der Waals surface area (Å²) in [5, 5.41) is 3.32. The summed E-state index contributed by atoms with van der Waals surface area (Å²) in [5.74, 6) is 0.157. The van der Waals surface area contributed by atoms with Crippen molar-refractivity contribution in [2.45, 2.75) is 19.4 Å². The maximum atomic E-state index is 13.2. The Hall–Kier alpha value is -1.09. The number of fused-ring (bicyclic) bond motifs is 1. The smallest absolute Gasteiger partial charge is 0.165 e. The highest BCUT2D eigenvalue weighted by atomic mass is 19.1. The van der Waals surface area contributed by atoms with Crippen LogP contribution in [0.3, 0.4) is 0 Å². The van der Waals surface area contributed by atoms with Crippen LogP contribution in [0.15, 0.2) is 18.2 Å². The first-order valence-corrected chi connectivity index (χ1v) is 4.97. The zero-order valence-corrected chi connectivity index (χ0v) is 8.22. The number of rotatable bonds is 3. The van der Waals surface area contributed by atoms with Crippen LogP contribution < -0.4 is 10.1 Å². The van der Waals surface area contributed by atoms with E-state index in [1.165, 1.54) is 6.07 Å². The second-order valence-corrected chi connectivity index (χ2v) is 3.48. The van der Waals surface area contributed by atoms with Gasteiger partial charge < -0.3 is 10.1 Å². The van der Waals surface area contributed by atoms with Crippen molar-refractivity contribution in [2.75, 3.05) is 13.2 Å². The number of benzene rings is 1. The monoisotopic (exact) mass is 195 g/mol. The number of ether oxygens (including phenoxy) is 1. The van der Waals surface area contributed by atoms with Gasteiger partial charge >= 0.3 is 0 Å². The average Bonchev–Trinajstić information content (AvgIpc) is 2.60. The van der Waals surface area contributed by atoms with E-state index >= 15 is 0 Å². The van der Waals surface area contributed by atoms with Gasteiger partial charge in [-0.2, -0.15) is 0 Å². The minimum Gasteiger partial charge on any atom is -0.488 e. The fourth-order valence-corrected chi connectivity index (χ4v) is 1.70. The van der Waals surface area contributed by atoms with Crippen molar-refractivity contribution in [3.63, 3.8) is 0 Å². The molecule has 0 saturated heterocycles. The van der Waals surface area contributed by atoms with E-state index < -0.39 is 0 Å². The highest BCUT2D eigenvalue weighted by Crippen LogP contribution is 2.34. The van der Waals surface area contributed by atoms with Gasteiger partial charge in [-0.25, -0.2) is 4.39 Å². The summed E-state index contributed by atoms with van der Waals surface area (Å²) >= 11 is 0. The summed E-state index contributed by atoms with van der Waals surface area (Å²) in [6.45, 7) is 3.58. The molecule has 0 aliphatic carbocycles. The molecule has 0 saturated carbocycles. The van der Waals surface area contributed by atoms with Crippen molar-refractivity contribution < 1.29 is 9.13 Å². The van der Waals surface area contributed by atoms with E-state index in [4.69, 9.17) is 4.74 Å². The molecule has 0 aromatic heterocycles. The molecule has 1 N–H and O–H groups in total. The topological polar surface area (TPSA) is 21.3 Å². The van der Waals surface area contributed by atoms with Crippen LogP contribution in [0.2, 0.25) is 0 Å². The molecule has 0 bridgehead atoms. The van der Waals surface area contributed by atoms with Crippen LogP contribution in [0.4, 0.5) is 4.39 Å². The average molecular weight is 195 g/mol. The minimum absolute atomic E-state index is 0.153. The second-order valence-electron chi connectivity index (χ2n) is 3.48. The first-order chi connectivity index (χ1) is 6.83. The Bertz CT molecular complexity index is 327. The Balaban J connectivity index is 2.18. The van der Waals surface area contributed by atoms with Gasteiger partial charge in [0.2, 0.25) is 0 Å². The predicted octanol–water partition coefficient (Wildman–Crippen LogP) is 2.26. The molecule has 0 fully saturated rings. The highest BCUT2D eigenvalue weighted by molar-refractivity contribution is 5.40. The van der Waals surface area contributed by atoms with Crippen molar-refractivity contribution >= 4 is 0 Å². The first kappa shape index (κ1) is 9.46. The van der Waals surface area contributed by atoms with Crippen LogP contribution >= 0.6 is 0 Å². The van der Waals surface area contributed by atoms with Crippen molar-refractivity contribution in [1.82, 2.24) is 5.32 Å². The van der Waals surface area contributed by atoms with Crippen molar-refractivity contribution in [3.05, 3.63) is 29.6 Å². The molecule has 1 unspecified atom stereocenters. The first-order valence-electron chi connectivity index (χ1n) is 4.97. The molecule has 1 aliphatic rings. The van der Waals surface area contributed by atoms with Crippen molar-refractivity contribution in [3.8, 4) is 5.75 Å². The van der Waals surface area contributed by atoms with Crippen molar-refractivity contribution in [2.24, 2.45) is 0 Å².